The Labute approximate surface area is 98.5 Å². The highest BCUT2D eigenvalue weighted by Crippen LogP contribution is 2.20. The van der Waals surface area contributed by atoms with Crippen LogP contribution in [0.1, 0.15) is 11.3 Å². The van der Waals surface area contributed by atoms with Crippen LogP contribution in [0, 0.1) is 6.92 Å². The Hall–Kier alpha value is -1.62. The Kier molecular flexibility index (Phi) is 3.05. The standard InChI is InChI=1S/C10H12ClN5/c1-7-3-9(10(11)13-4-7)12-5-8-6-16(2)15-14-8/h3-4,6,12H,5H2,1-2H3. The smallest absolute Gasteiger partial charge is 0.152 e. The monoisotopic (exact) mass is 237 g/mol. The zero-order valence-electron chi connectivity index (χ0n) is 9.11. The minimum Gasteiger partial charge on any atom is -0.377 e. The molecule has 0 saturated carbocycles. The molecule has 1 N–H and O–H groups in total. The fourth-order valence-corrected chi connectivity index (χ4v) is 1.51. The molecule has 0 aromatic carbocycles. The summed E-state index contributed by atoms with van der Waals surface area (Å²) in [4.78, 5) is 4.06. The van der Waals surface area contributed by atoms with Crippen molar-refractivity contribution in [1.29, 1.82) is 0 Å². The van der Waals surface area contributed by atoms with Crippen LogP contribution in [0.25, 0.3) is 0 Å². The lowest BCUT2D eigenvalue weighted by Crippen LogP contribution is -2.01. The van der Waals surface area contributed by atoms with Crippen LogP contribution in [0.15, 0.2) is 18.5 Å². The summed E-state index contributed by atoms with van der Waals surface area (Å²) in [6.07, 6.45) is 3.58. The molecule has 0 fully saturated rings. The molecule has 0 spiro atoms. The minimum atomic E-state index is 0.467. The van der Waals surface area contributed by atoms with Gasteiger partial charge in [0.25, 0.3) is 0 Å². The maximum atomic E-state index is 5.95. The van der Waals surface area contributed by atoms with Gasteiger partial charge in [-0.15, -0.1) is 5.10 Å². The number of hydrogen-bond acceptors (Lipinski definition) is 4. The van der Waals surface area contributed by atoms with Crippen LogP contribution in [0.3, 0.4) is 0 Å². The molecule has 84 valence electrons. The molecule has 0 unspecified atom stereocenters. The largest absolute Gasteiger partial charge is 0.377 e. The van der Waals surface area contributed by atoms with Crippen LogP contribution in [0.5, 0.6) is 0 Å². The molecule has 6 heteroatoms. The normalized spacial score (nSPS) is 10.4. The molecule has 0 saturated heterocycles. The van der Waals surface area contributed by atoms with Crippen LogP contribution in [0.4, 0.5) is 5.69 Å². The predicted molar refractivity (Wildman–Crippen MR) is 62.3 cm³/mol. The molecule has 0 atom stereocenters. The average molecular weight is 238 g/mol. The molecule has 2 aromatic rings. The lowest BCUT2D eigenvalue weighted by atomic mass is 10.3. The SMILES string of the molecule is Cc1cnc(Cl)c(NCc2cn(C)nn2)c1. The number of anilines is 1. The third-order valence-corrected chi connectivity index (χ3v) is 2.39. The first-order valence-electron chi connectivity index (χ1n) is 4.86. The van der Waals surface area contributed by atoms with Gasteiger partial charge in [0.2, 0.25) is 0 Å². The van der Waals surface area contributed by atoms with Crippen molar-refractivity contribution in [3.63, 3.8) is 0 Å². The van der Waals surface area contributed by atoms with Gasteiger partial charge in [-0.2, -0.15) is 0 Å². The van der Waals surface area contributed by atoms with E-state index in [9.17, 15) is 0 Å². The minimum absolute atomic E-state index is 0.467. The maximum Gasteiger partial charge on any atom is 0.152 e. The van der Waals surface area contributed by atoms with Crippen molar-refractivity contribution < 1.29 is 0 Å². The molecule has 2 heterocycles. The lowest BCUT2D eigenvalue weighted by molar-refractivity contribution is 0.713. The molecule has 0 aliphatic heterocycles. The summed E-state index contributed by atoms with van der Waals surface area (Å²) < 4.78 is 1.66. The van der Waals surface area contributed by atoms with Gasteiger partial charge in [0.05, 0.1) is 12.2 Å². The van der Waals surface area contributed by atoms with Gasteiger partial charge in [0.1, 0.15) is 5.69 Å². The Morgan fingerprint density at radius 2 is 2.31 bits per heavy atom. The van der Waals surface area contributed by atoms with E-state index >= 15 is 0 Å². The van der Waals surface area contributed by atoms with Crippen LogP contribution < -0.4 is 5.32 Å². The van der Waals surface area contributed by atoms with Crippen LogP contribution in [-0.4, -0.2) is 20.0 Å². The fourth-order valence-electron chi connectivity index (χ4n) is 1.34. The molecule has 0 aliphatic rings. The van der Waals surface area contributed by atoms with E-state index in [4.69, 9.17) is 11.6 Å². The molecule has 0 aliphatic carbocycles. The molecule has 0 radical (unpaired) electrons. The molecular weight excluding hydrogens is 226 g/mol. The Bertz CT molecular complexity index is 494. The number of nitrogens with zero attached hydrogens (tertiary/aromatic N) is 4. The van der Waals surface area contributed by atoms with Crippen molar-refractivity contribution in [3.8, 4) is 0 Å². The highest BCUT2D eigenvalue weighted by atomic mass is 35.5. The van der Waals surface area contributed by atoms with E-state index in [1.807, 2.05) is 26.2 Å². The van der Waals surface area contributed by atoms with E-state index in [0.717, 1.165) is 16.9 Å². The van der Waals surface area contributed by atoms with Crippen LogP contribution >= 0.6 is 11.6 Å². The van der Waals surface area contributed by atoms with Gasteiger partial charge >= 0.3 is 0 Å². The zero-order valence-corrected chi connectivity index (χ0v) is 9.86. The third kappa shape index (κ3) is 2.49. The van der Waals surface area contributed by atoms with Gasteiger partial charge in [-0.1, -0.05) is 16.8 Å². The summed E-state index contributed by atoms with van der Waals surface area (Å²) in [5.41, 5.74) is 2.73. The number of aromatic nitrogens is 4. The van der Waals surface area contributed by atoms with E-state index in [-0.39, 0.29) is 0 Å². The molecule has 2 rings (SSSR count). The molecule has 0 bridgehead atoms. The number of rotatable bonds is 3. The first-order valence-corrected chi connectivity index (χ1v) is 5.24. The number of aryl methyl sites for hydroxylation is 2. The van der Waals surface area contributed by atoms with Gasteiger partial charge in [-0.3, -0.25) is 4.68 Å². The van der Waals surface area contributed by atoms with E-state index in [1.54, 1.807) is 10.9 Å². The summed E-state index contributed by atoms with van der Waals surface area (Å²) in [6, 6.07) is 1.95. The Morgan fingerprint density at radius 3 is 3.00 bits per heavy atom. The first-order chi connectivity index (χ1) is 7.65. The van der Waals surface area contributed by atoms with Crippen molar-refractivity contribution in [2.75, 3.05) is 5.32 Å². The summed E-state index contributed by atoms with van der Waals surface area (Å²) in [5, 5.41) is 11.5. The van der Waals surface area contributed by atoms with Crippen molar-refractivity contribution in [2.24, 2.45) is 7.05 Å². The van der Waals surface area contributed by atoms with E-state index in [2.05, 4.69) is 20.6 Å². The van der Waals surface area contributed by atoms with Gasteiger partial charge in [-0.25, -0.2) is 4.98 Å². The van der Waals surface area contributed by atoms with E-state index < -0.39 is 0 Å². The van der Waals surface area contributed by atoms with Crippen molar-refractivity contribution in [3.05, 3.63) is 34.9 Å². The van der Waals surface area contributed by atoms with Gasteiger partial charge < -0.3 is 5.32 Å². The average Bonchev–Trinajstić information content (AvgIpc) is 2.66. The molecule has 5 nitrogen and oxygen atoms in total. The van der Waals surface area contributed by atoms with Gasteiger partial charge in [-0.05, 0) is 18.6 Å². The van der Waals surface area contributed by atoms with Crippen molar-refractivity contribution in [1.82, 2.24) is 20.0 Å². The Morgan fingerprint density at radius 1 is 1.50 bits per heavy atom. The quantitative estimate of drug-likeness (QED) is 0.827. The van der Waals surface area contributed by atoms with Crippen molar-refractivity contribution in [2.45, 2.75) is 13.5 Å². The number of pyridine rings is 1. The zero-order chi connectivity index (χ0) is 11.5. The van der Waals surface area contributed by atoms with Crippen LogP contribution in [-0.2, 0) is 13.6 Å². The first kappa shape index (κ1) is 10.9. The number of hydrogen-bond donors (Lipinski definition) is 1. The summed E-state index contributed by atoms with van der Waals surface area (Å²) in [6.45, 7) is 2.55. The highest BCUT2D eigenvalue weighted by Gasteiger charge is 2.03. The summed E-state index contributed by atoms with van der Waals surface area (Å²) in [7, 11) is 1.83. The number of halogens is 1. The van der Waals surface area contributed by atoms with Crippen molar-refractivity contribution >= 4 is 17.3 Å². The predicted octanol–water partition coefficient (Wildman–Crippen LogP) is 1.78. The second-order valence-electron chi connectivity index (χ2n) is 3.59. The van der Waals surface area contributed by atoms with Crippen LogP contribution in [0.2, 0.25) is 5.15 Å². The van der Waals surface area contributed by atoms with Gasteiger partial charge in [0, 0.05) is 19.4 Å². The van der Waals surface area contributed by atoms with E-state index in [0.29, 0.717) is 11.7 Å². The molecule has 2 aromatic heterocycles. The topological polar surface area (TPSA) is 55.6 Å². The number of nitrogens with one attached hydrogen (secondary N) is 1. The second-order valence-corrected chi connectivity index (χ2v) is 3.95. The molecule has 16 heavy (non-hydrogen) atoms. The molecular formula is C10H12ClN5. The molecule has 0 amide bonds. The van der Waals surface area contributed by atoms with E-state index in [1.165, 1.54) is 0 Å². The Balaban J connectivity index is 2.07. The summed E-state index contributed by atoms with van der Waals surface area (Å²) >= 11 is 5.95. The third-order valence-electron chi connectivity index (χ3n) is 2.09. The summed E-state index contributed by atoms with van der Waals surface area (Å²) in [5.74, 6) is 0. The maximum absolute atomic E-state index is 5.95. The highest BCUT2D eigenvalue weighted by molar-refractivity contribution is 6.31. The van der Waals surface area contributed by atoms with Gasteiger partial charge in [0.15, 0.2) is 5.15 Å². The lowest BCUT2D eigenvalue weighted by Gasteiger charge is -2.06. The second kappa shape index (κ2) is 4.49. The fraction of sp³-hybridized carbons (Fsp3) is 0.300.